The zero-order valence-electron chi connectivity index (χ0n) is 38.1. The molecule has 6 atom stereocenters. The van der Waals surface area contributed by atoms with Crippen LogP contribution in [0.5, 0.6) is 17.2 Å². The summed E-state index contributed by atoms with van der Waals surface area (Å²) in [6.07, 6.45) is 0.668. The maximum atomic E-state index is 12.8. The summed E-state index contributed by atoms with van der Waals surface area (Å²) >= 11 is 0.915. The molecule has 374 valence electrons. The SMILES string of the molecule is CC(=O)NC(CSC(C)=O)C(=O)Oc1ccc(CC([NH3+])C(=O)O)cc1.CC(=O)NC(CSSCC(NC(C)=O)C(=O)Oc1ccc(CC([NH3+])C(=O)O)cc1)C(=O)Oc1ccc(CC([NH3+])C(=O)O)cc1. The Bertz CT molecular complexity index is 2170. The molecular formula is C44H57N6O16S3+3. The normalized spacial score (nSPS) is 13.2. The summed E-state index contributed by atoms with van der Waals surface area (Å²) in [6, 6.07) is 13.5. The minimum Gasteiger partial charge on any atom is -0.477 e. The summed E-state index contributed by atoms with van der Waals surface area (Å²) in [7, 11) is 2.34. The average molecular weight is 1020 g/mol. The summed E-state index contributed by atoms with van der Waals surface area (Å²) in [5.74, 6) is -5.59. The highest BCUT2D eigenvalue weighted by molar-refractivity contribution is 8.76. The van der Waals surface area contributed by atoms with E-state index in [1.54, 1.807) is 36.4 Å². The topological polar surface area (TPSA) is 378 Å². The molecule has 0 aromatic heterocycles. The van der Waals surface area contributed by atoms with E-state index in [9.17, 15) is 47.9 Å². The number of amides is 3. The van der Waals surface area contributed by atoms with E-state index in [1.807, 2.05) is 0 Å². The van der Waals surface area contributed by atoms with E-state index in [0.717, 1.165) is 17.3 Å². The lowest BCUT2D eigenvalue weighted by Gasteiger charge is -2.18. The molecule has 6 unspecified atom stereocenters. The Hall–Kier alpha value is -6.51. The molecule has 0 heterocycles. The molecule has 15 N–H and O–H groups in total. The maximum absolute atomic E-state index is 12.8. The van der Waals surface area contributed by atoms with Crippen LogP contribution in [0.3, 0.4) is 0 Å². The second kappa shape index (κ2) is 30.1. The standard InChI is InChI=1S/C28H34N4O10S2.C16H20N2O6S/c1-15(33)31-23(27(39)41-19-7-3-17(4-8-19)11-21(29)25(35)36)13-43-44-14-24(32-16(2)34)28(40)42-20-9-5-18(6-10-20)12-22(30)26(37)38;1-9(19)18-14(8-25-10(2)20)16(23)24-12-5-3-11(4-6-12)7-13(17)15(21)22/h3-10,21-24H,11-14,29-30H2,1-2H3,(H,31,33)(H,32,34)(H,35,36)(H,37,38);3-6,13-14H,7-8,17H2,1-2H3,(H,18,19)(H,21,22)/p+3. The van der Waals surface area contributed by atoms with Gasteiger partial charge >= 0.3 is 35.8 Å². The Morgan fingerprint density at radius 1 is 0.449 bits per heavy atom. The second-order valence-corrected chi connectivity index (χ2v) is 18.8. The van der Waals surface area contributed by atoms with Crippen LogP contribution >= 0.6 is 33.3 Å². The number of aliphatic carboxylic acids is 3. The highest BCUT2D eigenvalue weighted by Gasteiger charge is 2.27. The smallest absolute Gasteiger partial charge is 0.362 e. The Labute approximate surface area is 408 Å². The predicted molar refractivity (Wildman–Crippen MR) is 251 cm³/mol. The van der Waals surface area contributed by atoms with Gasteiger partial charge in [-0.25, -0.2) is 28.8 Å². The summed E-state index contributed by atoms with van der Waals surface area (Å²) in [6.45, 7) is 5.14. The molecule has 22 nitrogen and oxygen atoms in total. The number of quaternary nitrogens is 3. The van der Waals surface area contributed by atoms with Gasteiger partial charge in [0.15, 0.2) is 23.2 Å². The number of hydrogen-bond donors (Lipinski definition) is 9. The second-order valence-electron chi connectivity index (χ2n) is 15.0. The molecule has 0 bridgehead atoms. The van der Waals surface area contributed by atoms with Gasteiger partial charge in [0.1, 0.15) is 35.4 Å². The van der Waals surface area contributed by atoms with Crippen LogP contribution in [0.1, 0.15) is 44.4 Å². The van der Waals surface area contributed by atoms with Crippen LogP contribution in [-0.2, 0) is 67.2 Å². The van der Waals surface area contributed by atoms with Gasteiger partial charge in [0.05, 0.1) is 0 Å². The largest absolute Gasteiger partial charge is 0.477 e. The van der Waals surface area contributed by atoms with Gasteiger partial charge in [-0.2, -0.15) is 0 Å². The van der Waals surface area contributed by atoms with Gasteiger partial charge in [-0.15, -0.1) is 0 Å². The fourth-order valence-corrected chi connectivity index (χ4v) is 8.35. The van der Waals surface area contributed by atoms with Gasteiger partial charge in [0.25, 0.3) is 0 Å². The van der Waals surface area contributed by atoms with Crippen molar-refractivity contribution >= 4 is 92.0 Å². The third-order valence-corrected chi connectivity index (χ3v) is 12.2. The highest BCUT2D eigenvalue weighted by Crippen LogP contribution is 2.25. The van der Waals surface area contributed by atoms with Crippen molar-refractivity contribution in [2.45, 2.75) is 83.2 Å². The van der Waals surface area contributed by atoms with Crippen molar-refractivity contribution in [3.63, 3.8) is 0 Å². The zero-order valence-corrected chi connectivity index (χ0v) is 40.6. The van der Waals surface area contributed by atoms with Crippen LogP contribution in [0.4, 0.5) is 0 Å². The number of carboxylic acid groups (broad SMARTS) is 3. The van der Waals surface area contributed by atoms with Crippen molar-refractivity contribution in [1.82, 2.24) is 16.0 Å². The Balaban J connectivity index is 0.000000553. The highest BCUT2D eigenvalue weighted by atomic mass is 33.1. The molecule has 3 aromatic rings. The van der Waals surface area contributed by atoms with Gasteiger partial charge in [-0.3, -0.25) is 19.2 Å². The first-order chi connectivity index (χ1) is 32.4. The molecule has 0 saturated carbocycles. The molecule has 3 aromatic carbocycles. The molecule has 69 heavy (non-hydrogen) atoms. The van der Waals surface area contributed by atoms with Gasteiger partial charge in [0.2, 0.25) is 17.7 Å². The van der Waals surface area contributed by atoms with E-state index in [-0.39, 0.29) is 58.9 Å². The number of carbonyl (C=O) groups is 10. The fourth-order valence-electron chi connectivity index (χ4n) is 5.43. The number of ether oxygens (including phenoxy) is 3. The Kier molecular flexibility index (Phi) is 25.6. The first-order valence-corrected chi connectivity index (χ1v) is 24.2. The Morgan fingerprint density at radius 3 is 0.913 bits per heavy atom. The summed E-state index contributed by atoms with van der Waals surface area (Å²) < 4.78 is 16.0. The van der Waals surface area contributed by atoms with Crippen molar-refractivity contribution in [3.8, 4) is 17.2 Å². The molecule has 0 fully saturated rings. The molecule has 0 spiro atoms. The molecule has 3 rings (SSSR count). The summed E-state index contributed by atoms with van der Waals surface area (Å²) in [5.41, 5.74) is 12.8. The van der Waals surface area contributed by atoms with Crippen LogP contribution in [-0.4, -0.2) is 127 Å². The van der Waals surface area contributed by atoms with Gasteiger partial charge in [-0.1, -0.05) is 69.7 Å². The first-order valence-electron chi connectivity index (χ1n) is 20.7. The number of carbonyl (C=O) groups excluding carboxylic acids is 7. The van der Waals surface area contributed by atoms with E-state index >= 15 is 0 Å². The summed E-state index contributed by atoms with van der Waals surface area (Å²) in [4.78, 5) is 116. The van der Waals surface area contributed by atoms with E-state index in [4.69, 9.17) is 29.5 Å². The molecule has 0 saturated heterocycles. The van der Waals surface area contributed by atoms with Gasteiger partial charge in [-0.05, 0) is 53.1 Å². The van der Waals surface area contributed by atoms with Crippen molar-refractivity contribution in [2.75, 3.05) is 17.3 Å². The number of esters is 3. The number of carboxylic acids is 3. The van der Waals surface area contributed by atoms with E-state index in [1.165, 1.54) is 85.7 Å². The van der Waals surface area contributed by atoms with Crippen LogP contribution < -0.4 is 47.4 Å². The van der Waals surface area contributed by atoms with E-state index in [0.29, 0.717) is 11.1 Å². The van der Waals surface area contributed by atoms with Gasteiger partial charge in [0, 0.05) is 64.2 Å². The molecular weight excluding hydrogens is 965 g/mol. The number of benzene rings is 3. The van der Waals surface area contributed by atoms with Crippen molar-refractivity contribution in [1.29, 1.82) is 0 Å². The number of rotatable bonds is 25. The quantitative estimate of drug-likeness (QED) is 0.0206. The lowest BCUT2D eigenvalue weighted by molar-refractivity contribution is -0.407. The molecule has 0 aliphatic carbocycles. The molecule has 0 radical (unpaired) electrons. The Morgan fingerprint density at radius 2 is 0.696 bits per heavy atom. The number of hydrogen-bond acceptors (Lipinski definition) is 16. The van der Waals surface area contributed by atoms with Crippen molar-refractivity contribution in [3.05, 3.63) is 89.5 Å². The fraction of sp³-hybridized carbons (Fsp3) is 0.364. The third kappa shape index (κ3) is 23.9. The third-order valence-electron chi connectivity index (χ3n) is 8.91. The maximum Gasteiger partial charge on any atom is 0.362 e. The lowest BCUT2D eigenvalue weighted by Crippen LogP contribution is -2.65. The van der Waals surface area contributed by atoms with Crippen LogP contribution in [0.25, 0.3) is 0 Å². The summed E-state index contributed by atoms with van der Waals surface area (Å²) in [5, 5.41) is 34.2. The number of thioether (sulfide) groups is 1. The molecule has 0 aliphatic rings. The van der Waals surface area contributed by atoms with E-state index in [2.05, 4.69) is 33.2 Å². The monoisotopic (exact) mass is 1020 g/mol. The molecule has 3 amide bonds. The predicted octanol–water partition coefficient (Wildman–Crippen LogP) is -1.32. The number of nitrogens with one attached hydrogen (secondary N) is 3. The zero-order chi connectivity index (χ0) is 51.8. The van der Waals surface area contributed by atoms with E-state index < -0.39 is 89.8 Å². The van der Waals surface area contributed by atoms with Crippen molar-refractivity contribution < 1.29 is 94.7 Å². The van der Waals surface area contributed by atoms with Crippen molar-refractivity contribution in [2.24, 2.45) is 0 Å². The minimum absolute atomic E-state index is 0.0770. The molecule has 25 heteroatoms. The molecule has 0 aliphatic heterocycles. The first kappa shape index (κ1) is 58.6. The lowest BCUT2D eigenvalue weighted by atomic mass is 10.1. The van der Waals surface area contributed by atoms with Gasteiger partial charge < -0.3 is 62.7 Å². The van der Waals surface area contributed by atoms with Crippen LogP contribution in [0.2, 0.25) is 0 Å². The minimum atomic E-state index is -1.02. The van der Waals surface area contributed by atoms with Crippen LogP contribution in [0, 0.1) is 0 Å². The average Bonchev–Trinajstić information content (AvgIpc) is 3.27. The van der Waals surface area contributed by atoms with Crippen LogP contribution in [0.15, 0.2) is 72.8 Å².